The van der Waals surface area contributed by atoms with Gasteiger partial charge in [0.2, 0.25) is 0 Å². The van der Waals surface area contributed by atoms with Crippen LogP contribution in [0.25, 0.3) is 0 Å². The molecule has 0 bridgehead atoms. The van der Waals surface area contributed by atoms with E-state index in [1.807, 2.05) is 48.7 Å². The average Bonchev–Trinajstić information content (AvgIpc) is 2.91. The highest BCUT2D eigenvalue weighted by Crippen LogP contribution is 2.28. The molecule has 2 rings (SSSR count). The first-order valence-electron chi connectivity index (χ1n) is 6.33. The van der Waals surface area contributed by atoms with Crippen LogP contribution in [-0.2, 0) is 4.79 Å². The van der Waals surface area contributed by atoms with Crippen molar-refractivity contribution in [2.24, 2.45) is 0 Å². The van der Waals surface area contributed by atoms with Crippen LogP contribution in [0.4, 0.5) is 0 Å². The maximum Gasteiger partial charge on any atom is 0.305 e. The van der Waals surface area contributed by atoms with Crippen molar-refractivity contribution in [3.05, 3.63) is 56.7 Å². The molecule has 0 saturated heterocycles. The normalized spacial score (nSPS) is 13.9. The number of hydrogen-bond acceptors (Lipinski definition) is 3. The summed E-state index contributed by atoms with van der Waals surface area (Å²) < 4.78 is 1.03. The fourth-order valence-corrected chi connectivity index (χ4v) is 3.54. The van der Waals surface area contributed by atoms with E-state index in [2.05, 4.69) is 21.2 Å². The Morgan fingerprint density at radius 1 is 1.35 bits per heavy atom. The second-order valence-electron chi connectivity index (χ2n) is 4.58. The molecule has 0 fully saturated rings. The molecule has 0 amide bonds. The lowest BCUT2D eigenvalue weighted by molar-refractivity contribution is -0.137. The van der Waals surface area contributed by atoms with Gasteiger partial charge in [-0.1, -0.05) is 40.2 Å². The Labute approximate surface area is 130 Å². The second kappa shape index (κ2) is 7.02. The van der Waals surface area contributed by atoms with Crippen molar-refractivity contribution in [2.75, 3.05) is 0 Å². The number of thiophene rings is 1. The summed E-state index contributed by atoms with van der Waals surface area (Å²) in [7, 11) is 0. The van der Waals surface area contributed by atoms with Gasteiger partial charge in [0.05, 0.1) is 12.5 Å². The van der Waals surface area contributed by atoms with Gasteiger partial charge in [-0.2, -0.15) is 0 Å². The van der Waals surface area contributed by atoms with E-state index in [-0.39, 0.29) is 18.5 Å². The first-order valence-corrected chi connectivity index (χ1v) is 8.01. The standard InChI is InChI=1S/C15H16BrNO2S/c1-10(11-5-2-3-6-12(11)16)17-13(9-15(18)19)14-7-4-8-20-14/h2-8,10,13,17H,9H2,1H3,(H,18,19). The molecule has 0 saturated carbocycles. The molecule has 2 aromatic rings. The highest BCUT2D eigenvalue weighted by molar-refractivity contribution is 9.10. The van der Waals surface area contributed by atoms with Crippen molar-refractivity contribution in [3.8, 4) is 0 Å². The molecule has 0 radical (unpaired) electrons. The minimum absolute atomic E-state index is 0.0667. The van der Waals surface area contributed by atoms with E-state index in [0.717, 1.165) is 14.9 Å². The van der Waals surface area contributed by atoms with E-state index >= 15 is 0 Å². The van der Waals surface area contributed by atoms with Crippen molar-refractivity contribution < 1.29 is 9.90 Å². The Bertz CT molecular complexity index is 571. The lowest BCUT2D eigenvalue weighted by Crippen LogP contribution is -2.26. The quantitative estimate of drug-likeness (QED) is 0.810. The summed E-state index contributed by atoms with van der Waals surface area (Å²) in [4.78, 5) is 12.1. The third kappa shape index (κ3) is 3.91. The molecule has 106 valence electrons. The fraction of sp³-hybridized carbons (Fsp3) is 0.267. The van der Waals surface area contributed by atoms with Crippen molar-refractivity contribution in [2.45, 2.75) is 25.4 Å². The smallest absolute Gasteiger partial charge is 0.305 e. The number of benzene rings is 1. The molecule has 0 aliphatic heterocycles. The zero-order valence-corrected chi connectivity index (χ0v) is 13.4. The molecule has 0 aliphatic rings. The van der Waals surface area contributed by atoms with Gasteiger partial charge in [-0.25, -0.2) is 0 Å². The molecular formula is C15H16BrNO2S. The molecule has 1 aromatic heterocycles. The maximum atomic E-state index is 11.0. The zero-order chi connectivity index (χ0) is 14.5. The van der Waals surface area contributed by atoms with Gasteiger partial charge >= 0.3 is 5.97 Å². The lowest BCUT2D eigenvalue weighted by atomic mass is 10.1. The van der Waals surface area contributed by atoms with Gasteiger partial charge in [0.25, 0.3) is 0 Å². The second-order valence-corrected chi connectivity index (χ2v) is 6.41. The molecule has 2 N–H and O–H groups in total. The van der Waals surface area contributed by atoms with Crippen LogP contribution in [0.15, 0.2) is 46.3 Å². The number of aliphatic carboxylic acids is 1. The van der Waals surface area contributed by atoms with Crippen LogP contribution in [0.3, 0.4) is 0 Å². The van der Waals surface area contributed by atoms with Crippen LogP contribution in [0, 0.1) is 0 Å². The number of carbonyl (C=O) groups is 1. The van der Waals surface area contributed by atoms with Gasteiger partial charge in [-0.3, -0.25) is 4.79 Å². The third-order valence-corrected chi connectivity index (χ3v) is 4.80. The van der Waals surface area contributed by atoms with Crippen LogP contribution < -0.4 is 5.32 Å². The van der Waals surface area contributed by atoms with Gasteiger partial charge in [0, 0.05) is 15.4 Å². The van der Waals surface area contributed by atoms with Crippen LogP contribution in [0.5, 0.6) is 0 Å². The molecule has 1 aromatic carbocycles. The molecule has 20 heavy (non-hydrogen) atoms. The van der Waals surface area contributed by atoms with Gasteiger partial charge in [-0.15, -0.1) is 11.3 Å². The topological polar surface area (TPSA) is 49.3 Å². The number of carboxylic acids is 1. The molecule has 1 heterocycles. The Kier molecular flexibility index (Phi) is 5.34. The predicted molar refractivity (Wildman–Crippen MR) is 85.0 cm³/mol. The number of hydrogen-bond donors (Lipinski definition) is 2. The van der Waals surface area contributed by atoms with Crippen LogP contribution >= 0.6 is 27.3 Å². The summed E-state index contributed by atoms with van der Waals surface area (Å²) in [5, 5.41) is 14.5. The molecule has 2 unspecified atom stereocenters. The van der Waals surface area contributed by atoms with Crippen LogP contribution in [0.2, 0.25) is 0 Å². The Hall–Kier alpha value is -1.17. The van der Waals surface area contributed by atoms with E-state index in [1.165, 1.54) is 0 Å². The molecule has 0 aliphatic carbocycles. The van der Waals surface area contributed by atoms with Gasteiger partial charge in [-0.05, 0) is 30.0 Å². The molecule has 0 spiro atoms. The summed E-state index contributed by atoms with van der Waals surface area (Å²) in [6.07, 6.45) is 0.0787. The van der Waals surface area contributed by atoms with E-state index in [1.54, 1.807) is 11.3 Å². The van der Waals surface area contributed by atoms with Crippen LogP contribution in [0.1, 0.15) is 35.9 Å². The largest absolute Gasteiger partial charge is 0.481 e. The summed E-state index contributed by atoms with van der Waals surface area (Å²) in [6, 6.07) is 11.8. The van der Waals surface area contributed by atoms with Crippen molar-refractivity contribution in [1.29, 1.82) is 0 Å². The highest BCUT2D eigenvalue weighted by atomic mass is 79.9. The minimum Gasteiger partial charge on any atom is -0.481 e. The third-order valence-electron chi connectivity index (χ3n) is 3.09. The molecule has 3 nitrogen and oxygen atoms in total. The average molecular weight is 354 g/mol. The number of nitrogens with one attached hydrogen (secondary N) is 1. The first-order chi connectivity index (χ1) is 9.58. The van der Waals surface area contributed by atoms with Gasteiger partial charge in [0.15, 0.2) is 0 Å². The summed E-state index contributed by atoms with van der Waals surface area (Å²) in [5.41, 5.74) is 1.12. The minimum atomic E-state index is -0.796. The van der Waals surface area contributed by atoms with Gasteiger partial charge < -0.3 is 10.4 Å². The summed E-state index contributed by atoms with van der Waals surface area (Å²) >= 11 is 5.11. The summed E-state index contributed by atoms with van der Waals surface area (Å²) in [6.45, 7) is 2.04. The summed E-state index contributed by atoms with van der Waals surface area (Å²) in [5.74, 6) is -0.796. The highest BCUT2D eigenvalue weighted by Gasteiger charge is 2.20. The van der Waals surface area contributed by atoms with Crippen LogP contribution in [-0.4, -0.2) is 11.1 Å². The van der Waals surface area contributed by atoms with E-state index in [0.29, 0.717) is 0 Å². The predicted octanol–water partition coefficient (Wildman–Crippen LogP) is 4.38. The number of carboxylic acid groups (broad SMARTS) is 1. The Balaban J connectivity index is 2.15. The van der Waals surface area contributed by atoms with E-state index < -0.39 is 5.97 Å². The van der Waals surface area contributed by atoms with Crippen molar-refractivity contribution in [3.63, 3.8) is 0 Å². The maximum absolute atomic E-state index is 11.0. The van der Waals surface area contributed by atoms with E-state index in [4.69, 9.17) is 5.11 Å². The van der Waals surface area contributed by atoms with Crippen molar-refractivity contribution in [1.82, 2.24) is 5.32 Å². The first kappa shape index (κ1) is 15.2. The fourth-order valence-electron chi connectivity index (χ4n) is 2.12. The molecule has 2 atom stereocenters. The SMILES string of the molecule is CC(NC(CC(=O)O)c1cccs1)c1ccccc1Br. The molecule has 5 heteroatoms. The monoisotopic (exact) mass is 353 g/mol. The Morgan fingerprint density at radius 3 is 2.70 bits per heavy atom. The lowest BCUT2D eigenvalue weighted by Gasteiger charge is -2.22. The van der Waals surface area contributed by atoms with E-state index in [9.17, 15) is 4.79 Å². The van der Waals surface area contributed by atoms with Gasteiger partial charge in [0.1, 0.15) is 0 Å². The Morgan fingerprint density at radius 2 is 2.10 bits per heavy atom. The molecular weight excluding hydrogens is 338 g/mol. The number of halogens is 1. The number of rotatable bonds is 6. The van der Waals surface area contributed by atoms with Crippen molar-refractivity contribution >= 4 is 33.2 Å². The zero-order valence-electron chi connectivity index (χ0n) is 11.0.